The Morgan fingerprint density at radius 1 is 1.56 bits per heavy atom. The van der Waals surface area contributed by atoms with Gasteiger partial charge in [0.05, 0.1) is 0 Å². The van der Waals surface area contributed by atoms with E-state index in [0.717, 1.165) is 5.56 Å². The van der Waals surface area contributed by atoms with Crippen molar-refractivity contribution in [3.63, 3.8) is 0 Å². The first-order valence-electron chi connectivity index (χ1n) is 4.86. The van der Waals surface area contributed by atoms with Crippen molar-refractivity contribution in [2.75, 3.05) is 18.6 Å². The molecule has 0 aliphatic carbocycles. The van der Waals surface area contributed by atoms with Crippen molar-refractivity contribution < 1.29 is 9.00 Å². The van der Waals surface area contributed by atoms with E-state index in [-0.39, 0.29) is 5.91 Å². The highest BCUT2D eigenvalue weighted by Gasteiger charge is 2.06. The molecule has 1 aromatic heterocycles. The molecule has 1 rings (SSSR count). The Hall–Kier alpha value is -1.27. The van der Waals surface area contributed by atoms with Crippen molar-refractivity contribution >= 4 is 16.7 Å². The summed E-state index contributed by atoms with van der Waals surface area (Å²) in [5.41, 5.74) is 6.64. The van der Waals surface area contributed by atoms with Crippen LogP contribution in [0.1, 0.15) is 16.1 Å². The van der Waals surface area contributed by atoms with Gasteiger partial charge in [-0.2, -0.15) is 0 Å². The van der Waals surface area contributed by atoms with Gasteiger partial charge in [-0.15, -0.1) is 0 Å². The van der Waals surface area contributed by atoms with E-state index in [0.29, 0.717) is 24.5 Å². The van der Waals surface area contributed by atoms with Crippen LogP contribution in [0.15, 0.2) is 18.3 Å². The fraction of sp³-hybridized carbons (Fsp3) is 0.400. The van der Waals surface area contributed by atoms with Crippen molar-refractivity contribution in [2.24, 2.45) is 5.73 Å². The van der Waals surface area contributed by atoms with Gasteiger partial charge >= 0.3 is 0 Å². The van der Waals surface area contributed by atoms with Crippen LogP contribution in [0.3, 0.4) is 0 Å². The lowest BCUT2D eigenvalue weighted by Crippen LogP contribution is -2.28. The van der Waals surface area contributed by atoms with Gasteiger partial charge in [0.1, 0.15) is 5.69 Å². The highest BCUT2D eigenvalue weighted by molar-refractivity contribution is 7.84. The molecular weight excluding hydrogens is 226 g/mol. The van der Waals surface area contributed by atoms with Gasteiger partial charge in [-0.05, 0) is 11.6 Å². The van der Waals surface area contributed by atoms with Crippen LogP contribution in [0.2, 0.25) is 0 Å². The molecule has 3 N–H and O–H groups in total. The number of pyridine rings is 1. The summed E-state index contributed by atoms with van der Waals surface area (Å²) < 4.78 is 10.8. The van der Waals surface area contributed by atoms with E-state index in [4.69, 9.17) is 5.73 Å². The summed E-state index contributed by atoms with van der Waals surface area (Å²) >= 11 is 0. The summed E-state index contributed by atoms with van der Waals surface area (Å²) in [6.07, 6.45) is 3.17. The summed E-state index contributed by atoms with van der Waals surface area (Å²) in [5, 5.41) is 2.64. The van der Waals surface area contributed by atoms with E-state index >= 15 is 0 Å². The van der Waals surface area contributed by atoms with Gasteiger partial charge in [0, 0.05) is 42.1 Å². The highest BCUT2D eigenvalue weighted by Crippen LogP contribution is 1.98. The SMILES string of the molecule is CS(=O)CCNC(=O)c1ccc(CN)cn1. The summed E-state index contributed by atoms with van der Waals surface area (Å²) in [6, 6.07) is 3.39. The third-order valence-electron chi connectivity index (χ3n) is 1.97. The average Bonchev–Trinajstić information content (AvgIpc) is 2.28. The smallest absolute Gasteiger partial charge is 0.269 e. The van der Waals surface area contributed by atoms with E-state index in [2.05, 4.69) is 10.3 Å². The normalized spacial score (nSPS) is 12.1. The van der Waals surface area contributed by atoms with Crippen LogP contribution >= 0.6 is 0 Å². The van der Waals surface area contributed by atoms with E-state index in [1.165, 1.54) is 0 Å². The minimum atomic E-state index is -0.895. The standard InChI is InChI=1S/C10H15N3O2S/c1-16(15)5-4-12-10(14)9-3-2-8(6-11)7-13-9/h2-3,7H,4-6,11H2,1H3,(H,12,14). The zero-order chi connectivity index (χ0) is 12.0. The van der Waals surface area contributed by atoms with Crippen molar-refractivity contribution in [1.82, 2.24) is 10.3 Å². The summed E-state index contributed by atoms with van der Waals surface area (Å²) in [4.78, 5) is 15.5. The lowest BCUT2D eigenvalue weighted by molar-refractivity contribution is 0.0951. The van der Waals surface area contributed by atoms with E-state index in [1.807, 2.05) is 0 Å². The van der Waals surface area contributed by atoms with Gasteiger partial charge < -0.3 is 11.1 Å². The second-order valence-corrected chi connectivity index (χ2v) is 4.84. The number of nitrogens with two attached hydrogens (primary N) is 1. The number of nitrogens with zero attached hydrogens (tertiary/aromatic N) is 1. The Balaban J connectivity index is 2.49. The van der Waals surface area contributed by atoms with E-state index in [1.54, 1.807) is 24.6 Å². The summed E-state index contributed by atoms with van der Waals surface area (Å²) in [7, 11) is -0.895. The largest absolute Gasteiger partial charge is 0.350 e. The van der Waals surface area contributed by atoms with Crippen LogP contribution in [0.5, 0.6) is 0 Å². The Labute approximate surface area is 96.9 Å². The molecule has 1 heterocycles. The Morgan fingerprint density at radius 3 is 2.81 bits per heavy atom. The number of hydrogen-bond acceptors (Lipinski definition) is 4. The molecule has 6 heteroatoms. The maximum absolute atomic E-state index is 11.5. The Kier molecular flexibility index (Phi) is 5.07. The van der Waals surface area contributed by atoms with Crippen molar-refractivity contribution in [3.05, 3.63) is 29.6 Å². The molecule has 1 amide bonds. The molecule has 0 aromatic carbocycles. The van der Waals surface area contributed by atoms with Crippen molar-refractivity contribution in [2.45, 2.75) is 6.54 Å². The van der Waals surface area contributed by atoms with Gasteiger partial charge in [0.15, 0.2) is 0 Å². The highest BCUT2D eigenvalue weighted by atomic mass is 32.2. The zero-order valence-electron chi connectivity index (χ0n) is 9.10. The molecule has 0 spiro atoms. The number of carbonyl (C=O) groups excluding carboxylic acids is 1. The minimum absolute atomic E-state index is 0.256. The second kappa shape index (κ2) is 6.34. The predicted molar refractivity (Wildman–Crippen MR) is 63.4 cm³/mol. The van der Waals surface area contributed by atoms with Gasteiger partial charge in [-0.25, -0.2) is 0 Å². The molecule has 0 saturated carbocycles. The number of hydrogen-bond donors (Lipinski definition) is 2. The first-order chi connectivity index (χ1) is 7.63. The second-order valence-electron chi connectivity index (χ2n) is 3.29. The molecule has 88 valence electrons. The molecule has 0 saturated heterocycles. The van der Waals surface area contributed by atoms with Crippen LogP contribution in [0, 0.1) is 0 Å². The third kappa shape index (κ3) is 4.08. The number of amides is 1. The topological polar surface area (TPSA) is 85.1 Å². The molecular formula is C10H15N3O2S. The van der Waals surface area contributed by atoms with Crippen molar-refractivity contribution in [3.8, 4) is 0 Å². The van der Waals surface area contributed by atoms with Crippen molar-refractivity contribution in [1.29, 1.82) is 0 Å². The lowest BCUT2D eigenvalue weighted by atomic mass is 10.2. The molecule has 0 fully saturated rings. The predicted octanol–water partition coefficient (Wildman–Crippen LogP) is -0.351. The van der Waals surface area contributed by atoms with E-state index in [9.17, 15) is 9.00 Å². The first-order valence-corrected chi connectivity index (χ1v) is 6.59. The van der Waals surface area contributed by atoms with Crippen LogP contribution in [-0.2, 0) is 17.3 Å². The average molecular weight is 241 g/mol. The van der Waals surface area contributed by atoms with Crippen LogP contribution < -0.4 is 11.1 Å². The molecule has 0 bridgehead atoms. The van der Waals surface area contributed by atoms with Gasteiger partial charge in [-0.3, -0.25) is 14.0 Å². The number of rotatable bonds is 5. The summed E-state index contributed by atoms with van der Waals surface area (Å²) in [5.74, 6) is 0.195. The molecule has 1 atom stereocenters. The zero-order valence-corrected chi connectivity index (χ0v) is 9.92. The van der Waals surface area contributed by atoms with Crippen LogP contribution in [0.25, 0.3) is 0 Å². The number of nitrogens with one attached hydrogen (secondary N) is 1. The molecule has 1 unspecified atom stereocenters. The van der Waals surface area contributed by atoms with Crippen LogP contribution in [0.4, 0.5) is 0 Å². The number of carbonyl (C=O) groups is 1. The molecule has 0 aliphatic rings. The van der Waals surface area contributed by atoms with Gasteiger partial charge in [0.2, 0.25) is 0 Å². The fourth-order valence-corrected chi connectivity index (χ4v) is 1.47. The van der Waals surface area contributed by atoms with E-state index < -0.39 is 10.8 Å². The Bertz CT molecular complexity index is 378. The molecule has 1 aromatic rings. The Morgan fingerprint density at radius 2 is 2.31 bits per heavy atom. The van der Waals surface area contributed by atoms with Gasteiger partial charge in [-0.1, -0.05) is 6.07 Å². The molecule has 5 nitrogen and oxygen atoms in total. The maximum Gasteiger partial charge on any atom is 0.269 e. The monoisotopic (exact) mass is 241 g/mol. The maximum atomic E-state index is 11.5. The first kappa shape index (κ1) is 12.8. The van der Waals surface area contributed by atoms with Crippen LogP contribution in [-0.4, -0.2) is 33.7 Å². The number of aromatic nitrogens is 1. The lowest BCUT2D eigenvalue weighted by Gasteiger charge is -2.03. The third-order valence-corrected chi connectivity index (χ3v) is 2.75. The fourth-order valence-electron chi connectivity index (χ4n) is 1.08. The minimum Gasteiger partial charge on any atom is -0.350 e. The molecule has 0 radical (unpaired) electrons. The summed E-state index contributed by atoms with van der Waals surface area (Å²) in [6.45, 7) is 0.798. The van der Waals surface area contributed by atoms with Gasteiger partial charge in [0.25, 0.3) is 5.91 Å². The quantitative estimate of drug-likeness (QED) is 0.738. The molecule has 0 aliphatic heterocycles. The molecule has 16 heavy (non-hydrogen) atoms.